The van der Waals surface area contributed by atoms with Gasteiger partial charge >= 0.3 is 0 Å². The minimum Gasteiger partial charge on any atom is -0.382 e. The molecule has 17 heteroatoms. The SMILES string of the molecule is C/C=C\C(=O)N(C=O)CCCCCCCC(=O)NCCOCCOCCOCCOCCOCCOCCOCCOCCOCCOCCOCCOC. The van der Waals surface area contributed by atoms with Crippen molar-refractivity contribution in [1.82, 2.24) is 10.2 Å². The zero-order chi connectivity index (χ0) is 40.0. The Hall–Kier alpha value is -2.13. The topological polar surface area (TPSA) is 177 Å². The van der Waals surface area contributed by atoms with Crippen molar-refractivity contribution in [2.45, 2.75) is 45.4 Å². The van der Waals surface area contributed by atoms with Crippen LogP contribution in [0.15, 0.2) is 12.2 Å². The Kier molecular flexibility index (Phi) is 44.5. The highest BCUT2D eigenvalue weighted by atomic mass is 16.6. The lowest BCUT2D eigenvalue weighted by Crippen LogP contribution is -2.28. The van der Waals surface area contributed by atoms with Crippen LogP contribution in [0.5, 0.6) is 0 Å². The van der Waals surface area contributed by atoms with Gasteiger partial charge in [0.25, 0.3) is 5.91 Å². The van der Waals surface area contributed by atoms with E-state index in [4.69, 9.17) is 56.8 Å². The van der Waals surface area contributed by atoms with Crippen molar-refractivity contribution < 1.29 is 71.2 Å². The van der Waals surface area contributed by atoms with Crippen molar-refractivity contribution in [3.8, 4) is 0 Å². The van der Waals surface area contributed by atoms with Crippen LogP contribution in [-0.2, 0) is 71.2 Å². The van der Waals surface area contributed by atoms with Crippen LogP contribution in [0.2, 0.25) is 0 Å². The summed E-state index contributed by atoms with van der Waals surface area (Å²) in [5, 5.41) is 2.85. The third-order valence-electron chi connectivity index (χ3n) is 7.24. The predicted octanol–water partition coefficient (Wildman–Crippen LogP) is 1.83. The van der Waals surface area contributed by atoms with Crippen LogP contribution in [0.3, 0.4) is 0 Å². The third kappa shape index (κ3) is 42.8. The van der Waals surface area contributed by atoms with Crippen LogP contribution in [0.1, 0.15) is 45.4 Å². The van der Waals surface area contributed by atoms with E-state index in [-0.39, 0.29) is 11.8 Å². The van der Waals surface area contributed by atoms with E-state index in [1.165, 1.54) is 11.0 Å². The molecule has 0 unspecified atom stereocenters. The number of imide groups is 1. The number of nitrogens with zero attached hydrogens (tertiary/aromatic N) is 1. The quantitative estimate of drug-likeness (QED) is 0.0536. The van der Waals surface area contributed by atoms with E-state index >= 15 is 0 Å². The molecule has 1 N–H and O–H groups in total. The molecule has 55 heavy (non-hydrogen) atoms. The molecule has 0 aliphatic carbocycles. The van der Waals surface area contributed by atoms with Gasteiger partial charge in [-0.05, 0) is 25.8 Å². The molecule has 0 saturated carbocycles. The van der Waals surface area contributed by atoms with Crippen LogP contribution < -0.4 is 5.32 Å². The first-order chi connectivity index (χ1) is 27.2. The maximum atomic E-state index is 12.0. The van der Waals surface area contributed by atoms with Gasteiger partial charge in [-0.2, -0.15) is 0 Å². The van der Waals surface area contributed by atoms with Gasteiger partial charge in [-0.25, -0.2) is 0 Å². The summed E-state index contributed by atoms with van der Waals surface area (Å²) in [6, 6.07) is 0. The number of allylic oxidation sites excluding steroid dienone is 1. The third-order valence-corrected chi connectivity index (χ3v) is 7.24. The van der Waals surface area contributed by atoms with Crippen molar-refractivity contribution in [3.63, 3.8) is 0 Å². The van der Waals surface area contributed by atoms with Crippen molar-refractivity contribution >= 4 is 18.2 Å². The Morgan fingerprint density at radius 3 is 1.15 bits per heavy atom. The predicted molar refractivity (Wildman–Crippen MR) is 204 cm³/mol. The van der Waals surface area contributed by atoms with Gasteiger partial charge in [0, 0.05) is 26.6 Å². The van der Waals surface area contributed by atoms with Crippen LogP contribution in [0.25, 0.3) is 0 Å². The number of nitrogens with one attached hydrogen (secondary N) is 1. The molecule has 3 amide bonds. The monoisotopic (exact) mass is 796 g/mol. The van der Waals surface area contributed by atoms with E-state index in [0.29, 0.717) is 178 Å². The summed E-state index contributed by atoms with van der Waals surface area (Å²) in [6.45, 7) is 14.1. The fraction of sp³-hybridized carbons (Fsp3) is 0.868. The molecule has 0 aromatic carbocycles. The Labute approximate surface area is 329 Å². The van der Waals surface area contributed by atoms with E-state index < -0.39 is 0 Å². The van der Waals surface area contributed by atoms with Gasteiger partial charge in [0.05, 0.1) is 152 Å². The second-order valence-electron chi connectivity index (χ2n) is 11.7. The van der Waals surface area contributed by atoms with E-state index in [2.05, 4.69) is 5.32 Å². The number of rotatable bonds is 46. The molecule has 0 saturated heterocycles. The lowest BCUT2D eigenvalue weighted by molar-refractivity contribution is -0.134. The van der Waals surface area contributed by atoms with Crippen molar-refractivity contribution in [1.29, 1.82) is 0 Å². The van der Waals surface area contributed by atoms with Gasteiger partial charge in [0.2, 0.25) is 12.3 Å². The molecule has 324 valence electrons. The summed E-state index contributed by atoms with van der Waals surface area (Å²) in [5.74, 6) is -0.285. The number of methoxy groups -OCH3 is 1. The van der Waals surface area contributed by atoms with E-state index in [0.717, 1.165) is 32.1 Å². The average molecular weight is 797 g/mol. The lowest BCUT2D eigenvalue weighted by Gasteiger charge is -2.12. The first kappa shape index (κ1) is 52.9. The fourth-order valence-corrected chi connectivity index (χ4v) is 4.35. The molecule has 0 radical (unpaired) electrons. The van der Waals surface area contributed by atoms with Crippen LogP contribution in [0, 0.1) is 0 Å². The summed E-state index contributed by atoms with van der Waals surface area (Å²) in [4.78, 5) is 35.8. The molecule has 0 aromatic rings. The van der Waals surface area contributed by atoms with Gasteiger partial charge in [-0.3, -0.25) is 19.3 Å². The van der Waals surface area contributed by atoms with Crippen molar-refractivity contribution in [2.75, 3.05) is 172 Å². The molecular formula is C38H72N2O15. The molecular weight excluding hydrogens is 724 g/mol. The van der Waals surface area contributed by atoms with E-state index in [1.54, 1.807) is 20.1 Å². The zero-order valence-corrected chi connectivity index (χ0v) is 33.7. The van der Waals surface area contributed by atoms with Gasteiger partial charge in [-0.1, -0.05) is 25.3 Å². The summed E-state index contributed by atoms with van der Waals surface area (Å²) in [6.07, 6.45) is 8.38. The highest BCUT2D eigenvalue weighted by molar-refractivity contribution is 5.94. The summed E-state index contributed by atoms with van der Waals surface area (Å²) in [7, 11) is 1.64. The van der Waals surface area contributed by atoms with Crippen molar-refractivity contribution in [3.05, 3.63) is 12.2 Å². The molecule has 0 heterocycles. The summed E-state index contributed by atoms with van der Waals surface area (Å²) >= 11 is 0. The number of amides is 3. The van der Waals surface area contributed by atoms with E-state index in [9.17, 15) is 14.4 Å². The Morgan fingerprint density at radius 2 is 0.800 bits per heavy atom. The van der Waals surface area contributed by atoms with Gasteiger partial charge in [0.1, 0.15) is 0 Å². The number of unbranched alkanes of at least 4 members (excludes halogenated alkanes) is 4. The van der Waals surface area contributed by atoms with Crippen molar-refractivity contribution in [2.24, 2.45) is 0 Å². The standard InChI is InChI=1S/C38H72N2O15/c1-3-9-38(43)40(36-41)12-8-6-4-5-7-10-37(42)39-11-13-45-16-17-47-20-21-49-24-25-51-28-29-53-32-33-55-35-34-54-31-30-52-27-26-50-23-22-48-19-18-46-15-14-44-2/h3,9,36H,4-8,10-35H2,1-2H3,(H,39,42)/b9-3-. The number of hydrogen-bond acceptors (Lipinski definition) is 15. The van der Waals surface area contributed by atoms with E-state index in [1.807, 2.05) is 0 Å². The largest absolute Gasteiger partial charge is 0.382 e. The normalized spacial score (nSPS) is 11.5. The fourth-order valence-electron chi connectivity index (χ4n) is 4.35. The minimum atomic E-state index is -0.293. The second kappa shape index (κ2) is 46.3. The molecule has 0 aliphatic rings. The van der Waals surface area contributed by atoms with Crippen LogP contribution in [0.4, 0.5) is 0 Å². The minimum absolute atomic E-state index is 0.00754. The first-order valence-electron chi connectivity index (χ1n) is 19.6. The summed E-state index contributed by atoms with van der Waals surface area (Å²) < 4.78 is 64.9. The Balaban J connectivity index is 3.19. The number of ether oxygens (including phenoxy) is 12. The second-order valence-corrected chi connectivity index (χ2v) is 11.7. The number of carbonyl (C=O) groups is 3. The maximum absolute atomic E-state index is 12.0. The zero-order valence-electron chi connectivity index (χ0n) is 33.7. The molecule has 0 bridgehead atoms. The molecule has 17 nitrogen and oxygen atoms in total. The van der Waals surface area contributed by atoms with Gasteiger partial charge in [0.15, 0.2) is 0 Å². The lowest BCUT2D eigenvalue weighted by atomic mass is 10.1. The molecule has 0 atom stereocenters. The maximum Gasteiger partial charge on any atom is 0.252 e. The highest BCUT2D eigenvalue weighted by Gasteiger charge is 2.08. The Morgan fingerprint density at radius 1 is 0.473 bits per heavy atom. The van der Waals surface area contributed by atoms with Crippen LogP contribution in [-0.4, -0.2) is 195 Å². The van der Waals surface area contributed by atoms with Gasteiger partial charge in [-0.15, -0.1) is 0 Å². The molecule has 0 aliphatic heterocycles. The smallest absolute Gasteiger partial charge is 0.252 e. The molecule has 0 fully saturated rings. The van der Waals surface area contributed by atoms with Gasteiger partial charge < -0.3 is 62.2 Å². The highest BCUT2D eigenvalue weighted by Crippen LogP contribution is 2.06. The number of hydrogen-bond donors (Lipinski definition) is 1. The average Bonchev–Trinajstić information content (AvgIpc) is 3.18. The molecule has 0 rings (SSSR count). The number of carbonyl (C=O) groups excluding carboxylic acids is 3. The molecule has 0 aromatic heterocycles. The first-order valence-corrected chi connectivity index (χ1v) is 19.6. The molecule has 0 spiro atoms. The Bertz CT molecular complexity index is 857. The summed E-state index contributed by atoms with van der Waals surface area (Å²) in [5.41, 5.74) is 0. The van der Waals surface area contributed by atoms with Crippen LogP contribution >= 0.6 is 0 Å².